The molecule has 0 radical (unpaired) electrons. The van der Waals surface area contributed by atoms with Crippen molar-refractivity contribution in [1.29, 1.82) is 0 Å². The van der Waals surface area contributed by atoms with Crippen LogP contribution >= 0.6 is 0 Å². The largest absolute Gasteiger partial charge is 0.494 e. The van der Waals surface area contributed by atoms with Crippen molar-refractivity contribution >= 4 is 17.7 Å². The third kappa shape index (κ3) is 4.93. The van der Waals surface area contributed by atoms with E-state index in [1.807, 2.05) is 19.9 Å². The zero-order valence-corrected chi connectivity index (χ0v) is 13.2. The number of amides is 1. The molecule has 0 unspecified atom stereocenters. The molecular weight excluding hydrogens is 292 g/mol. The van der Waals surface area contributed by atoms with Gasteiger partial charge in [0, 0.05) is 29.7 Å². The maximum Gasteiger partial charge on any atom is 0.248 e. The van der Waals surface area contributed by atoms with Crippen LogP contribution in [0.5, 0.6) is 5.75 Å². The molecule has 1 heterocycles. The molecule has 2 rings (SSSR count). The molecule has 1 amide bonds. The number of ether oxygens (including phenoxy) is 1. The van der Waals surface area contributed by atoms with Gasteiger partial charge >= 0.3 is 0 Å². The number of nitrogens with zero attached hydrogens (tertiary/aromatic N) is 1. The Morgan fingerprint density at radius 2 is 2.17 bits per heavy atom. The number of pyridine rings is 1. The van der Waals surface area contributed by atoms with Crippen molar-refractivity contribution in [3.05, 3.63) is 59.4 Å². The first-order valence-corrected chi connectivity index (χ1v) is 7.39. The van der Waals surface area contributed by atoms with E-state index >= 15 is 0 Å². The molecule has 0 atom stereocenters. The van der Waals surface area contributed by atoms with Gasteiger partial charge in [0.1, 0.15) is 5.75 Å². The van der Waals surface area contributed by atoms with E-state index in [9.17, 15) is 9.90 Å². The summed E-state index contributed by atoms with van der Waals surface area (Å²) in [6, 6.07) is 7.12. The molecule has 2 aromatic rings. The van der Waals surface area contributed by atoms with Crippen molar-refractivity contribution in [3.8, 4) is 5.75 Å². The SMILES string of the molecule is CCOc1ccc(NC(=O)/C=C/c2cncc(C)c2)cc1CO. The van der Waals surface area contributed by atoms with Crippen LogP contribution in [-0.4, -0.2) is 22.6 Å². The summed E-state index contributed by atoms with van der Waals surface area (Å²) in [6.45, 7) is 4.19. The number of anilines is 1. The first-order chi connectivity index (χ1) is 11.1. The molecule has 5 nitrogen and oxygen atoms in total. The Bertz CT molecular complexity index is 711. The average Bonchev–Trinajstić information content (AvgIpc) is 2.54. The molecule has 23 heavy (non-hydrogen) atoms. The van der Waals surface area contributed by atoms with E-state index in [2.05, 4.69) is 10.3 Å². The van der Waals surface area contributed by atoms with Crippen molar-refractivity contribution in [2.24, 2.45) is 0 Å². The molecule has 0 aliphatic heterocycles. The van der Waals surface area contributed by atoms with E-state index in [0.29, 0.717) is 23.6 Å². The highest BCUT2D eigenvalue weighted by atomic mass is 16.5. The summed E-state index contributed by atoms with van der Waals surface area (Å²) in [4.78, 5) is 16.0. The Morgan fingerprint density at radius 3 is 2.87 bits per heavy atom. The van der Waals surface area contributed by atoms with E-state index in [1.165, 1.54) is 6.08 Å². The van der Waals surface area contributed by atoms with E-state index in [4.69, 9.17) is 4.74 Å². The molecule has 0 spiro atoms. The van der Waals surface area contributed by atoms with Crippen molar-refractivity contribution < 1.29 is 14.6 Å². The molecule has 2 N–H and O–H groups in total. The highest BCUT2D eigenvalue weighted by molar-refractivity contribution is 6.02. The number of rotatable bonds is 6. The molecular formula is C18H20N2O3. The summed E-state index contributed by atoms with van der Waals surface area (Å²) in [5, 5.41) is 12.1. The molecule has 0 saturated carbocycles. The van der Waals surface area contributed by atoms with E-state index in [-0.39, 0.29) is 12.5 Å². The number of hydrogen-bond donors (Lipinski definition) is 2. The number of aryl methyl sites for hydroxylation is 1. The Balaban J connectivity index is 2.05. The molecule has 0 bridgehead atoms. The molecule has 1 aromatic heterocycles. The molecule has 1 aromatic carbocycles. The Kier molecular flexibility index (Phi) is 5.88. The van der Waals surface area contributed by atoms with Crippen molar-refractivity contribution in [3.63, 3.8) is 0 Å². The monoisotopic (exact) mass is 312 g/mol. The number of aliphatic hydroxyl groups is 1. The smallest absolute Gasteiger partial charge is 0.248 e. The number of benzene rings is 1. The van der Waals surface area contributed by atoms with Gasteiger partial charge in [-0.05, 0) is 55.3 Å². The molecule has 0 aliphatic carbocycles. The van der Waals surface area contributed by atoms with Gasteiger partial charge < -0.3 is 15.2 Å². The fraction of sp³-hybridized carbons (Fsp3) is 0.222. The maximum absolute atomic E-state index is 12.0. The van der Waals surface area contributed by atoms with Crippen molar-refractivity contribution in [2.75, 3.05) is 11.9 Å². The second kappa shape index (κ2) is 8.10. The maximum atomic E-state index is 12.0. The fourth-order valence-electron chi connectivity index (χ4n) is 2.10. The summed E-state index contributed by atoms with van der Waals surface area (Å²) in [5.41, 5.74) is 3.14. The van der Waals surface area contributed by atoms with E-state index in [1.54, 1.807) is 36.7 Å². The summed E-state index contributed by atoms with van der Waals surface area (Å²) in [7, 11) is 0. The topological polar surface area (TPSA) is 71.5 Å². The lowest BCUT2D eigenvalue weighted by atomic mass is 10.2. The van der Waals surface area contributed by atoms with Gasteiger partial charge in [-0.2, -0.15) is 0 Å². The second-order valence-electron chi connectivity index (χ2n) is 5.03. The zero-order valence-electron chi connectivity index (χ0n) is 13.2. The van der Waals surface area contributed by atoms with Crippen LogP contribution < -0.4 is 10.1 Å². The lowest BCUT2D eigenvalue weighted by Crippen LogP contribution is -2.08. The summed E-state index contributed by atoms with van der Waals surface area (Å²) >= 11 is 0. The Labute approximate surface area is 135 Å². The van der Waals surface area contributed by atoms with Gasteiger partial charge in [-0.15, -0.1) is 0 Å². The number of carbonyl (C=O) groups is 1. The van der Waals surface area contributed by atoms with Gasteiger partial charge in [0.05, 0.1) is 13.2 Å². The lowest BCUT2D eigenvalue weighted by Gasteiger charge is -2.10. The summed E-state index contributed by atoms with van der Waals surface area (Å²) in [6.07, 6.45) is 6.60. The van der Waals surface area contributed by atoms with Gasteiger partial charge in [0.25, 0.3) is 0 Å². The molecule has 0 fully saturated rings. The van der Waals surface area contributed by atoms with Crippen LogP contribution in [0.15, 0.2) is 42.7 Å². The van der Waals surface area contributed by atoms with Crippen LogP contribution in [-0.2, 0) is 11.4 Å². The minimum atomic E-state index is -0.250. The van der Waals surface area contributed by atoms with Crippen LogP contribution in [0.2, 0.25) is 0 Å². The highest BCUT2D eigenvalue weighted by Gasteiger charge is 2.05. The summed E-state index contributed by atoms with van der Waals surface area (Å²) in [5.74, 6) is 0.369. The average molecular weight is 312 g/mol. The van der Waals surface area contributed by atoms with Crippen LogP contribution in [0, 0.1) is 6.92 Å². The predicted molar refractivity (Wildman–Crippen MR) is 90.2 cm³/mol. The number of hydrogen-bond acceptors (Lipinski definition) is 4. The third-order valence-corrected chi connectivity index (χ3v) is 3.12. The Morgan fingerprint density at radius 1 is 1.35 bits per heavy atom. The predicted octanol–water partition coefficient (Wildman–Crippen LogP) is 2.93. The van der Waals surface area contributed by atoms with Crippen LogP contribution in [0.25, 0.3) is 6.08 Å². The molecule has 120 valence electrons. The van der Waals surface area contributed by atoms with E-state index < -0.39 is 0 Å². The molecule has 0 aliphatic rings. The van der Waals surface area contributed by atoms with Crippen LogP contribution in [0.3, 0.4) is 0 Å². The second-order valence-corrected chi connectivity index (χ2v) is 5.03. The molecule has 0 saturated heterocycles. The van der Waals surface area contributed by atoms with Gasteiger partial charge in [-0.1, -0.05) is 0 Å². The van der Waals surface area contributed by atoms with Crippen LogP contribution in [0.1, 0.15) is 23.6 Å². The fourth-order valence-corrected chi connectivity index (χ4v) is 2.10. The first-order valence-electron chi connectivity index (χ1n) is 7.39. The number of aliphatic hydroxyl groups excluding tert-OH is 1. The minimum Gasteiger partial charge on any atom is -0.494 e. The van der Waals surface area contributed by atoms with E-state index in [0.717, 1.165) is 11.1 Å². The first kappa shape index (κ1) is 16.7. The van der Waals surface area contributed by atoms with Gasteiger partial charge in [-0.25, -0.2) is 0 Å². The van der Waals surface area contributed by atoms with Crippen molar-refractivity contribution in [2.45, 2.75) is 20.5 Å². The van der Waals surface area contributed by atoms with Gasteiger partial charge in [0.2, 0.25) is 5.91 Å². The standard InChI is InChI=1S/C18H20N2O3/c1-3-23-17-6-5-16(9-15(17)12-21)20-18(22)7-4-14-8-13(2)10-19-11-14/h4-11,21H,3,12H2,1-2H3,(H,20,22)/b7-4+. The van der Waals surface area contributed by atoms with Gasteiger partial charge in [0.15, 0.2) is 0 Å². The lowest BCUT2D eigenvalue weighted by molar-refractivity contribution is -0.111. The van der Waals surface area contributed by atoms with Gasteiger partial charge in [-0.3, -0.25) is 9.78 Å². The normalized spacial score (nSPS) is 10.7. The van der Waals surface area contributed by atoms with Crippen molar-refractivity contribution in [1.82, 2.24) is 4.98 Å². The minimum absolute atomic E-state index is 0.149. The third-order valence-electron chi connectivity index (χ3n) is 3.12. The highest BCUT2D eigenvalue weighted by Crippen LogP contribution is 2.23. The number of carbonyl (C=O) groups excluding carboxylic acids is 1. The number of nitrogens with one attached hydrogen (secondary N) is 1. The summed E-state index contributed by atoms with van der Waals surface area (Å²) < 4.78 is 5.41. The Hall–Kier alpha value is -2.66. The van der Waals surface area contributed by atoms with Crippen LogP contribution in [0.4, 0.5) is 5.69 Å². The molecule has 5 heteroatoms. The number of aromatic nitrogens is 1. The zero-order chi connectivity index (χ0) is 16.7. The quantitative estimate of drug-likeness (QED) is 0.805.